The van der Waals surface area contributed by atoms with Crippen LogP contribution in [0.3, 0.4) is 0 Å². The summed E-state index contributed by atoms with van der Waals surface area (Å²) in [5.41, 5.74) is 0.457. The summed E-state index contributed by atoms with van der Waals surface area (Å²) >= 11 is 0. The molecule has 2 amide bonds. The summed E-state index contributed by atoms with van der Waals surface area (Å²) in [6.07, 6.45) is 3.11. The van der Waals surface area contributed by atoms with Crippen molar-refractivity contribution >= 4 is 23.0 Å². The van der Waals surface area contributed by atoms with Crippen molar-refractivity contribution < 1.29 is 18.4 Å². The third kappa shape index (κ3) is 3.30. The van der Waals surface area contributed by atoms with E-state index in [2.05, 4.69) is 22.2 Å². The average molecular weight is 356 g/mol. The summed E-state index contributed by atoms with van der Waals surface area (Å²) < 4.78 is 27.8. The highest BCUT2D eigenvalue weighted by atomic mass is 19.2. The SMILES string of the molecule is C=CCNC(=O)c1nc(C(=O)Nc2ccc(F)c(F)c2)c2ccccn12. The Morgan fingerprint density at radius 2 is 1.96 bits per heavy atom. The first kappa shape index (κ1) is 17.3. The molecule has 0 unspecified atom stereocenters. The Labute approximate surface area is 147 Å². The zero-order valence-corrected chi connectivity index (χ0v) is 13.5. The predicted octanol–water partition coefficient (Wildman–Crippen LogP) is 2.78. The Morgan fingerprint density at radius 3 is 2.69 bits per heavy atom. The first-order valence-corrected chi connectivity index (χ1v) is 7.64. The molecule has 3 aromatic rings. The van der Waals surface area contributed by atoms with Crippen molar-refractivity contribution in [1.29, 1.82) is 0 Å². The molecule has 0 saturated heterocycles. The number of nitrogens with one attached hydrogen (secondary N) is 2. The molecular weight excluding hydrogens is 342 g/mol. The molecule has 0 radical (unpaired) electrons. The largest absolute Gasteiger partial charge is 0.346 e. The third-order valence-corrected chi connectivity index (χ3v) is 3.55. The molecule has 132 valence electrons. The molecule has 0 bridgehead atoms. The van der Waals surface area contributed by atoms with Gasteiger partial charge in [-0.3, -0.25) is 14.0 Å². The molecule has 1 aromatic carbocycles. The van der Waals surface area contributed by atoms with Crippen molar-refractivity contribution in [3.63, 3.8) is 0 Å². The van der Waals surface area contributed by atoms with Crippen LogP contribution in [0, 0.1) is 11.6 Å². The maximum atomic E-state index is 13.3. The maximum absolute atomic E-state index is 13.3. The number of halogens is 2. The second kappa shape index (κ2) is 7.14. The van der Waals surface area contributed by atoms with Gasteiger partial charge in [-0.05, 0) is 24.3 Å². The van der Waals surface area contributed by atoms with Crippen LogP contribution in [0.1, 0.15) is 21.1 Å². The molecule has 0 aliphatic heterocycles. The zero-order valence-electron chi connectivity index (χ0n) is 13.5. The van der Waals surface area contributed by atoms with Crippen molar-refractivity contribution in [2.75, 3.05) is 11.9 Å². The predicted molar refractivity (Wildman–Crippen MR) is 92.0 cm³/mol. The molecule has 0 aliphatic rings. The maximum Gasteiger partial charge on any atom is 0.287 e. The number of hydrogen-bond donors (Lipinski definition) is 2. The first-order chi connectivity index (χ1) is 12.5. The van der Waals surface area contributed by atoms with Gasteiger partial charge in [-0.15, -0.1) is 6.58 Å². The lowest BCUT2D eigenvalue weighted by Gasteiger charge is -2.04. The summed E-state index contributed by atoms with van der Waals surface area (Å²) in [5.74, 6) is -3.20. The van der Waals surface area contributed by atoms with Crippen molar-refractivity contribution in [1.82, 2.24) is 14.7 Å². The van der Waals surface area contributed by atoms with Gasteiger partial charge in [0.2, 0.25) is 5.82 Å². The van der Waals surface area contributed by atoms with E-state index in [1.807, 2.05) is 0 Å². The number of anilines is 1. The summed E-state index contributed by atoms with van der Waals surface area (Å²) in [4.78, 5) is 28.9. The van der Waals surface area contributed by atoms with Crippen LogP contribution >= 0.6 is 0 Å². The second-order valence-corrected chi connectivity index (χ2v) is 5.32. The molecular formula is C18H14F2N4O2. The van der Waals surface area contributed by atoms with Crippen LogP contribution in [0.4, 0.5) is 14.5 Å². The van der Waals surface area contributed by atoms with Crippen molar-refractivity contribution in [3.8, 4) is 0 Å². The number of carbonyl (C=O) groups excluding carboxylic acids is 2. The molecule has 0 fully saturated rings. The van der Waals surface area contributed by atoms with Gasteiger partial charge in [0.05, 0.1) is 5.52 Å². The fourth-order valence-corrected chi connectivity index (χ4v) is 2.37. The van der Waals surface area contributed by atoms with Crippen LogP contribution in [0.25, 0.3) is 5.52 Å². The van der Waals surface area contributed by atoms with Crippen LogP contribution < -0.4 is 10.6 Å². The minimum Gasteiger partial charge on any atom is -0.346 e. The van der Waals surface area contributed by atoms with E-state index < -0.39 is 23.4 Å². The van der Waals surface area contributed by atoms with Gasteiger partial charge in [-0.25, -0.2) is 13.8 Å². The minimum atomic E-state index is -1.08. The third-order valence-electron chi connectivity index (χ3n) is 3.55. The van der Waals surface area contributed by atoms with Crippen LogP contribution in [-0.2, 0) is 0 Å². The molecule has 3 rings (SSSR count). The number of imidazole rings is 1. The van der Waals surface area contributed by atoms with Crippen molar-refractivity contribution in [3.05, 3.63) is 78.4 Å². The molecule has 0 aliphatic carbocycles. The first-order valence-electron chi connectivity index (χ1n) is 7.64. The molecule has 2 N–H and O–H groups in total. The molecule has 6 nitrogen and oxygen atoms in total. The van der Waals surface area contributed by atoms with Crippen LogP contribution in [-0.4, -0.2) is 27.7 Å². The van der Waals surface area contributed by atoms with E-state index in [-0.39, 0.29) is 23.8 Å². The lowest BCUT2D eigenvalue weighted by Crippen LogP contribution is -2.25. The second-order valence-electron chi connectivity index (χ2n) is 5.32. The Balaban J connectivity index is 1.96. The van der Waals surface area contributed by atoms with Gasteiger partial charge in [0.25, 0.3) is 11.8 Å². The fraction of sp³-hybridized carbons (Fsp3) is 0.0556. The Kier molecular flexibility index (Phi) is 4.74. The molecule has 8 heteroatoms. The van der Waals surface area contributed by atoms with E-state index in [0.717, 1.165) is 12.1 Å². The number of pyridine rings is 1. The normalized spacial score (nSPS) is 10.5. The number of amides is 2. The lowest BCUT2D eigenvalue weighted by atomic mass is 10.2. The van der Waals surface area contributed by atoms with Gasteiger partial charge in [-0.2, -0.15) is 0 Å². The van der Waals surface area contributed by atoms with Crippen LogP contribution in [0.2, 0.25) is 0 Å². The van der Waals surface area contributed by atoms with E-state index in [1.165, 1.54) is 16.5 Å². The zero-order chi connectivity index (χ0) is 18.7. The summed E-state index contributed by atoms with van der Waals surface area (Å²) in [5, 5.41) is 5.04. The molecule has 0 atom stereocenters. The number of rotatable bonds is 5. The topological polar surface area (TPSA) is 75.5 Å². The van der Waals surface area contributed by atoms with E-state index >= 15 is 0 Å². The number of aromatic nitrogens is 2. The smallest absolute Gasteiger partial charge is 0.287 e. The number of fused-ring (bicyclic) bond motifs is 1. The van der Waals surface area contributed by atoms with E-state index in [4.69, 9.17) is 0 Å². The monoisotopic (exact) mass is 356 g/mol. The van der Waals surface area contributed by atoms with Crippen LogP contribution in [0.5, 0.6) is 0 Å². The molecule has 0 saturated carbocycles. The van der Waals surface area contributed by atoms with Gasteiger partial charge in [-0.1, -0.05) is 12.1 Å². The fourth-order valence-electron chi connectivity index (χ4n) is 2.37. The number of carbonyl (C=O) groups is 2. The van der Waals surface area contributed by atoms with E-state index in [0.29, 0.717) is 5.52 Å². The van der Waals surface area contributed by atoms with Gasteiger partial charge >= 0.3 is 0 Å². The van der Waals surface area contributed by atoms with Gasteiger partial charge in [0, 0.05) is 24.5 Å². The van der Waals surface area contributed by atoms with Crippen LogP contribution in [0.15, 0.2) is 55.3 Å². The Hall–Kier alpha value is -3.55. The summed E-state index contributed by atoms with van der Waals surface area (Å²) in [7, 11) is 0. The Bertz CT molecular complexity index is 1010. The quantitative estimate of drug-likeness (QED) is 0.690. The minimum absolute atomic E-state index is 0.0147. The highest BCUT2D eigenvalue weighted by Crippen LogP contribution is 2.17. The highest BCUT2D eigenvalue weighted by molar-refractivity contribution is 6.08. The number of hydrogen-bond acceptors (Lipinski definition) is 3. The van der Waals surface area contributed by atoms with E-state index in [9.17, 15) is 18.4 Å². The number of benzene rings is 1. The molecule has 26 heavy (non-hydrogen) atoms. The molecule has 0 spiro atoms. The lowest BCUT2D eigenvalue weighted by molar-refractivity contribution is 0.0947. The highest BCUT2D eigenvalue weighted by Gasteiger charge is 2.21. The van der Waals surface area contributed by atoms with Gasteiger partial charge in [0.15, 0.2) is 17.3 Å². The molecule has 2 aromatic heterocycles. The van der Waals surface area contributed by atoms with Crippen molar-refractivity contribution in [2.45, 2.75) is 0 Å². The van der Waals surface area contributed by atoms with Gasteiger partial charge < -0.3 is 10.6 Å². The number of nitrogens with zero attached hydrogens (tertiary/aromatic N) is 2. The summed E-state index contributed by atoms with van der Waals surface area (Å²) in [6.45, 7) is 3.77. The Morgan fingerprint density at radius 1 is 1.15 bits per heavy atom. The van der Waals surface area contributed by atoms with Gasteiger partial charge in [0.1, 0.15) is 0 Å². The standard InChI is InChI=1S/C18H14F2N4O2/c1-2-8-21-18(26)16-23-15(14-5-3-4-9-24(14)16)17(25)22-11-6-7-12(19)13(20)10-11/h2-7,9-10H,1,8H2,(H,21,26)(H,22,25). The average Bonchev–Trinajstić information content (AvgIpc) is 3.03. The van der Waals surface area contributed by atoms with Crippen molar-refractivity contribution in [2.24, 2.45) is 0 Å². The van der Waals surface area contributed by atoms with E-state index in [1.54, 1.807) is 24.4 Å². The summed E-state index contributed by atoms with van der Waals surface area (Å²) in [6, 6.07) is 8.00. The molecule has 2 heterocycles.